The van der Waals surface area contributed by atoms with Crippen LogP contribution in [0.3, 0.4) is 0 Å². The lowest BCUT2D eigenvalue weighted by atomic mass is 10.1. The van der Waals surface area contributed by atoms with E-state index in [2.05, 4.69) is 4.99 Å². The Labute approximate surface area is 76.1 Å². The quantitative estimate of drug-likeness (QED) is 0.513. The summed E-state index contributed by atoms with van der Waals surface area (Å²) in [5.74, 6) is 0. The first-order valence-electron chi connectivity index (χ1n) is 4.04. The van der Waals surface area contributed by atoms with Gasteiger partial charge in [-0.15, -0.1) is 0 Å². The Morgan fingerprint density at radius 3 is 2.85 bits per heavy atom. The van der Waals surface area contributed by atoms with Crippen molar-refractivity contribution in [1.82, 2.24) is 0 Å². The zero-order chi connectivity index (χ0) is 9.52. The third-order valence-corrected chi connectivity index (χ3v) is 1.70. The molecule has 1 aromatic rings. The molecule has 0 spiro atoms. The van der Waals surface area contributed by atoms with Gasteiger partial charge in [-0.1, -0.05) is 24.3 Å². The van der Waals surface area contributed by atoms with Crippen molar-refractivity contribution in [2.75, 3.05) is 6.67 Å². The monoisotopic (exact) mass is 179 g/mol. The molecule has 2 nitrogen and oxygen atoms in total. The van der Waals surface area contributed by atoms with Gasteiger partial charge in [0.05, 0.1) is 13.2 Å². The fourth-order valence-corrected chi connectivity index (χ4v) is 1.12. The number of hydrogen-bond acceptors (Lipinski definition) is 2. The fourth-order valence-electron chi connectivity index (χ4n) is 1.12. The molecule has 0 saturated heterocycles. The van der Waals surface area contributed by atoms with Crippen LogP contribution in [0.2, 0.25) is 0 Å². The van der Waals surface area contributed by atoms with Crippen molar-refractivity contribution in [3.8, 4) is 0 Å². The summed E-state index contributed by atoms with van der Waals surface area (Å²) < 4.78 is 12.0. The molecule has 0 atom stereocenters. The molecule has 0 aliphatic heterocycles. The molecule has 3 heteroatoms. The predicted molar refractivity (Wildman–Crippen MR) is 47.9 cm³/mol. The van der Waals surface area contributed by atoms with Crippen LogP contribution in [-0.2, 0) is 17.8 Å². The second kappa shape index (κ2) is 5.22. The van der Waals surface area contributed by atoms with Crippen LogP contribution < -0.4 is 0 Å². The SMILES string of the molecule is O=C=NCc1cccc(CCF)c1. The van der Waals surface area contributed by atoms with Gasteiger partial charge in [0.1, 0.15) is 0 Å². The standard InChI is InChI=1S/C10H10FNO/c11-5-4-9-2-1-3-10(6-9)7-12-8-13/h1-3,6H,4-5,7H2. The molecule has 0 aromatic heterocycles. The van der Waals surface area contributed by atoms with E-state index in [0.717, 1.165) is 11.1 Å². The molecular formula is C10H10FNO. The van der Waals surface area contributed by atoms with Crippen molar-refractivity contribution in [2.45, 2.75) is 13.0 Å². The summed E-state index contributed by atoms with van der Waals surface area (Å²) in [5.41, 5.74) is 1.84. The smallest absolute Gasteiger partial charge is 0.235 e. The summed E-state index contributed by atoms with van der Waals surface area (Å²) in [6.45, 7) is -0.0377. The molecule has 0 fully saturated rings. The highest BCUT2D eigenvalue weighted by molar-refractivity contribution is 5.34. The number of isocyanates is 1. The molecular weight excluding hydrogens is 169 g/mol. The highest BCUT2D eigenvalue weighted by Gasteiger charge is 1.94. The summed E-state index contributed by atoms with van der Waals surface area (Å²) in [6, 6.07) is 7.39. The van der Waals surface area contributed by atoms with E-state index in [1.54, 1.807) is 0 Å². The average Bonchev–Trinajstić information content (AvgIpc) is 2.16. The van der Waals surface area contributed by atoms with Gasteiger partial charge in [0.15, 0.2) is 0 Å². The number of alkyl halides is 1. The van der Waals surface area contributed by atoms with Gasteiger partial charge in [-0.3, -0.25) is 4.39 Å². The summed E-state index contributed by atoms with van der Waals surface area (Å²) >= 11 is 0. The Balaban J connectivity index is 2.72. The van der Waals surface area contributed by atoms with E-state index >= 15 is 0 Å². The van der Waals surface area contributed by atoms with E-state index in [0.29, 0.717) is 13.0 Å². The first-order valence-corrected chi connectivity index (χ1v) is 4.04. The minimum absolute atomic E-state index is 0.323. The van der Waals surface area contributed by atoms with E-state index in [1.807, 2.05) is 24.3 Å². The lowest BCUT2D eigenvalue weighted by Crippen LogP contribution is -1.89. The van der Waals surface area contributed by atoms with Gasteiger partial charge < -0.3 is 0 Å². The minimum Gasteiger partial charge on any atom is -0.251 e. The zero-order valence-corrected chi connectivity index (χ0v) is 7.16. The van der Waals surface area contributed by atoms with Gasteiger partial charge in [-0.25, -0.2) is 9.79 Å². The molecule has 0 amide bonds. The van der Waals surface area contributed by atoms with E-state index in [4.69, 9.17) is 0 Å². The third-order valence-electron chi connectivity index (χ3n) is 1.70. The Morgan fingerprint density at radius 1 is 1.38 bits per heavy atom. The molecule has 0 bridgehead atoms. The maximum atomic E-state index is 12.0. The fraction of sp³-hybridized carbons (Fsp3) is 0.300. The number of benzene rings is 1. The topological polar surface area (TPSA) is 29.4 Å². The molecule has 0 radical (unpaired) electrons. The highest BCUT2D eigenvalue weighted by atomic mass is 19.1. The van der Waals surface area contributed by atoms with Gasteiger partial charge in [0.2, 0.25) is 6.08 Å². The number of nitrogens with zero attached hydrogens (tertiary/aromatic N) is 1. The molecule has 1 rings (SSSR count). The maximum Gasteiger partial charge on any atom is 0.235 e. The summed E-state index contributed by atoms with van der Waals surface area (Å²) in [4.78, 5) is 13.3. The van der Waals surface area contributed by atoms with Gasteiger partial charge in [-0.05, 0) is 11.1 Å². The zero-order valence-electron chi connectivity index (χ0n) is 7.16. The van der Waals surface area contributed by atoms with Crippen molar-refractivity contribution < 1.29 is 9.18 Å². The molecule has 0 saturated carbocycles. The molecule has 0 aliphatic rings. The van der Waals surface area contributed by atoms with Crippen LogP contribution in [0.4, 0.5) is 4.39 Å². The van der Waals surface area contributed by atoms with Crippen molar-refractivity contribution in [2.24, 2.45) is 4.99 Å². The predicted octanol–water partition coefficient (Wildman–Crippen LogP) is 2.03. The molecule has 0 aliphatic carbocycles. The number of aryl methyl sites for hydroxylation is 1. The summed E-state index contributed by atoms with van der Waals surface area (Å²) in [7, 11) is 0. The Kier molecular flexibility index (Phi) is 3.86. The van der Waals surface area contributed by atoms with Crippen molar-refractivity contribution >= 4 is 6.08 Å². The van der Waals surface area contributed by atoms with E-state index < -0.39 is 0 Å². The Bertz CT molecular complexity index is 318. The largest absolute Gasteiger partial charge is 0.251 e. The number of halogens is 1. The van der Waals surface area contributed by atoms with Gasteiger partial charge in [-0.2, -0.15) is 0 Å². The third kappa shape index (κ3) is 3.18. The summed E-state index contributed by atoms with van der Waals surface area (Å²) in [6.07, 6.45) is 1.88. The van der Waals surface area contributed by atoms with Crippen LogP contribution >= 0.6 is 0 Å². The van der Waals surface area contributed by atoms with Crippen molar-refractivity contribution in [3.63, 3.8) is 0 Å². The highest BCUT2D eigenvalue weighted by Crippen LogP contribution is 2.07. The molecule has 0 heterocycles. The molecule has 13 heavy (non-hydrogen) atoms. The summed E-state index contributed by atoms with van der Waals surface area (Å²) in [5, 5.41) is 0. The second-order valence-electron chi connectivity index (χ2n) is 2.67. The van der Waals surface area contributed by atoms with Gasteiger partial charge in [0.25, 0.3) is 0 Å². The minimum atomic E-state index is -0.361. The molecule has 0 N–H and O–H groups in total. The van der Waals surface area contributed by atoms with Crippen molar-refractivity contribution in [1.29, 1.82) is 0 Å². The van der Waals surface area contributed by atoms with Crippen LogP contribution in [0, 0.1) is 0 Å². The number of carbonyl (C=O) groups excluding carboxylic acids is 1. The van der Waals surface area contributed by atoms with Gasteiger partial charge in [0, 0.05) is 6.42 Å². The van der Waals surface area contributed by atoms with Crippen LogP contribution in [-0.4, -0.2) is 12.8 Å². The average molecular weight is 179 g/mol. The number of rotatable bonds is 4. The Morgan fingerprint density at radius 2 is 2.15 bits per heavy atom. The molecule has 0 unspecified atom stereocenters. The second-order valence-corrected chi connectivity index (χ2v) is 2.67. The van der Waals surface area contributed by atoms with Crippen LogP contribution in [0.1, 0.15) is 11.1 Å². The maximum absolute atomic E-state index is 12.0. The van der Waals surface area contributed by atoms with Gasteiger partial charge >= 0.3 is 0 Å². The van der Waals surface area contributed by atoms with Crippen molar-refractivity contribution in [3.05, 3.63) is 35.4 Å². The Hall–Kier alpha value is -1.47. The number of hydrogen-bond donors (Lipinski definition) is 0. The number of aliphatic imine (C=N–C) groups is 1. The lowest BCUT2D eigenvalue weighted by molar-refractivity contribution is 0.495. The lowest BCUT2D eigenvalue weighted by Gasteiger charge is -1.99. The van der Waals surface area contributed by atoms with E-state index in [1.165, 1.54) is 6.08 Å². The van der Waals surface area contributed by atoms with Crippen LogP contribution in [0.5, 0.6) is 0 Å². The first kappa shape index (κ1) is 9.62. The first-order chi connectivity index (χ1) is 6.36. The van der Waals surface area contributed by atoms with Crippen LogP contribution in [0.15, 0.2) is 29.3 Å². The normalized spacial score (nSPS) is 9.31. The molecule has 1 aromatic carbocycles. The van der Waals surface area contributed by atoms with E-state index in [-0.39, 0.29) is 6.67 Å². The van der Waals surface area contributed by atoms with E-state index in [9.17, 15) is 9.18 Å². The molecule has 68 valence electrons. The van der Waals surface area contributed by atoms with Crippen LogP contribution in [0.25, 0.3) is 0 Å².